The Balaban J connectivity index is 3.45. The van der Waals surface area contributed by atoms with Gasteiger partial charge in [-0.05, 0) is 49.9 Å². The van der Waals surface area contributed by atoms with Gasteiger partial charge < -0.3 is 0 Å². The maximum atomic E-state index is 11.4. The fraction of sp³-hybridized carbons (Fsp3) is 0.538. The molecule has 0 atom stereocenters. The van der Waals surface area contributed by atoms with Crippen LogP contribution in [0.5, 0.6) is 0 Å². The van der Waals surface area contributed by atoms with Crippen LogP contribution in [0.3, 0.4) is 0 Å². The Labute approximate surface area is 110 Å². The molecule has 1 aromatic carbocycles. The zero-order valence-corrected chi connectivity index (χ0v) is 12.2. The molecular formula is C13H21NO3S. The van der Waals surface area contributed by atoms with Crippen LogP contribution in [0.2, 0.25) is 0 Å². The summed E-state index contributed by atoms with van der Waals surface area (Å²) in [6.07, 6.45) is 1.73. The molecule has 1 aromatic rings. The number of anilines is 1. The van der Waals surface area contributed by atoms with Crippen molar-refractivity contribution in [3.63, 3.8) is 0 Å². The van der Waals surface area contributed by atoms with Crippen molar-refractivity contribution in [2.75, 3.05) is 10.8 Å². The molecule has 0 aliphatic heterocycles. The van der Waals surface area contributed by atoms with Crippen LogP contribution in [0.1, 0.15) is 37.0 Å². The molecule has 0 heterocycles. The third kappa shape index (κ3) is 3.23. The summed E-state index contributed by atoms with van der Waals surface area (Å²) in [6.45, 7) is 7.87. The van der Waals surface area contributed by atoms with Crippen molar-refractivity contribution in [2.24, 2.45) is 0 Å². The molecule has 0 aliphatic rings. The monoisotopic (exact) mass is 271 g/mol. The Kier molecular flexibility index (Phi) is 4.76. The Hall–Kier alpha value is -1.07. The minimum Gasteiger partial charge on any atom is -0.269 e. The summed E-state index contributed by atoms with van der Waals surface area (Å²) >= 11 is 0. The van der Waals surface area contributed by atoms with Crippen molar-refractivity contribution in [3.8, 4) is 0 Å². The van der Waals surface area contributed by atoms with Crippen molar-refractivity contribution >= 4 is 16.0 Å². The highest BCUT2D eigenvalue weighted by atomic mass is 32.2. The van der Waals surface area contributed by atoms with Crippen LogP contribution in [0.15, 0.2) is 12.1 Å². The van der Waals surface area contributed by atoms with Gasteiger partial charge in [0.05, 0.1) is 5.69 Å². The highest BCUT2D eigenvalue weighted by Gasteiger charge is 2.21. The topological polar surface area (TPSA) is 57.6 Å². The maximum Gasteiger partial charge on any atom is 0.359 e. The van der Waals surface area contributed by atoms with Gasteiger partial charge in [0.1, 0.15) is 0 Å². The van der Waals surface area contributed by atoms with Crippen LogP contribution < -0.4 is 4.31 Å². The average molecular weight is 271 g/mol. The van der Waals surface area contributed by atoms with Crippen molar-refractivity contribution in [3.05, 3.63) is 28.8 Å². The summed E-state index contributed by atoms with van der Waals surface area (Å²) in [6, 6.07) is 3.85. The van der Waals surface area contributed by atoms with Gasteiger partial charge in [0.25, 0.3) is 0 Å². The molecule has 1 rings (SSSR count). The second-order valence-electron chi connectivity index (χ2n) is 4.47. The average Bonchev–Trinajstić information content (AvgIpc) is 2.21. The smallest absolute Gasteiger partial charge is 0.269 e. The van der Waals surface area contributed by atoms with E-state index in [1.807, 2.05) is 32.9 Å². The first-order valence-electron chi connectivity index (χ1n) is 6.16. The van der Waals surface area contributed by atoms with Gasteiger partial charge in [-0.1, -0.05) is 19.4 Å². The zero-order valence-electron chi connectivity index (χ0n) is 11.4. The molecule has 0 fully saturated rings. The van der Waals surface area contributed by atoms with Crippen LogP contribution in [-0.4, -0.2) is 19.5 Å². The first-order valence-corrected chi connectivity index (χ1v) is 7.56. The van der Waals surface area contributed by atoms with Crippen molar-refractivity contribution in [1.29, 1.82) is 0 Å². The molecule has 0 aliphatic carbocycles. The van der Waals surface area contributed by atoms with Gasteiger partial charge in [0, 0.05) is 6.54 Å². The minimum absolute atomic E-state index is 0.221. The van der Waals surface area contributed by atoms with Crippen LogP contribution in [-0.2, 0) is 16.7 Å². The van der Waals surface area contributed by atoms with Crippen molar-refractivity contribution in [1.82, 2.24) is 0 Å². The van der Waals surface area contributed by atoms with Gasteiger partial charge in [0.15, 0.2) is 0 Å². The molecule has 0 spiro atoms. The van der Waals surface area contributed by atoms with E-state index in [0.29, 0.717) is 5.69 Å². The summed E-state index contributed by atoms with van der Waals surface area (Å²) in [5, 5.41) is 0. The van der Waals surface area contributed by atoms with Crippen LogP contribution in [0, 0.1) is 13.8 Å². The van der Waals surface area contributed by atoms with E-state index >= 15 is 0 Å². The van der Waals surface area contributed by atoms with E-state index < -0.39 is 10.3 Å². The van der Waals surface area contributed by atoms with Crippen LogP contribution in [0.25, 0.3) is 0 Å². The van der Waals surface area contributed by atoms with Crippen molar-refractivity contribution in [2.45, 2.75) is 40.5 Å². The summed E-state index contributed by atoms with van der Waals surface area (Å²) in [4.78, 5) is 0. The van der Waals surface area contributed by atoms with Gasteiger partial charge in [-0.2, -0.15) is 8.42 Å². The molecule has 0 amide bonds. The van der Waals surface area contributed by atoms with E-state index in [4.69, 9.17) is 0 Å². The fourth-order valence-corrected chi connectivity index (χ4v) is 2.97. The Bertz CT molecular complexity index is 523. The lowest BCUT2D eigenvalue weighted by atomic mass is 9.99. The molecule has 0 saturated heterocycles. The highest BCUT2D eigenvalue weighted by Crippen LogP contribution is 2.28. The molecule has 0 unspecified atom stereocenters. The van der Waals surface area contributed by atoms with Gasteiger partial charge in [-0.15, -0.1) is 0 Å². The Morgan fingerprint density at radius 1 is 1.22 bits per heavy atom. The maximum absolute atomic E-state index is 11.4. The second kappa shape index (κ2) is 5.71. The standard InChI is InChI=1S/C13H21NO3S/c1-5-7-12-11(4)8-10(3)9-13(12)14(6-2)18(15,16)17/h8-9H,5-7H2,1-4H3,(H,15,16,17). The van der Waals surface area contributed by atoms with E-state index in [0.717, 1.165) is 33.8 Å². The van der Waals surface area contributed by atoms with E-state index in [2.05, 4.69) is 0 Å². The largest absolute Gasteiger partial charge is 0.359 e. The summed E-state index contributed by atoms with van der Waals surface area (Å²) < 4.78 is 33.2. The molecule has 0 bridgehead atoms. The first kappa shape index (κ1) is 15.0. The molecule has 0 saturated carbocycles. The Morgan fingerprint density at radius 2 is 1.83 bits per heavy atom. The number of nitrogens with zero attached hydrogens (tertiary/aromatic N) is 1. The number of rotatable bonds is 5. The lowest BCUT2D eigenvalue weighted by Gasteiger charge is -2.24. The highest BCUT2D eigenvalue weighted by molar-refractivity contribution is 7.87. The lowest BCUT2D eigenvalue weighted by Crippen LogP contribution is -2.31. The molecular weight excluding hydrogens is 250 g/mol. The summed E-state index contributed by atoms with van der Waals surface area (Å²) in [5.74, 6) is 0. The molecule has 1 N–H and O–H groups in total. The number of hydrogen-bond acceptors (Lipinski definition) is 2. The number of benzene rings is 1. The Morgan fingerprint density at radius 3 is 2.28 bits per heavy atom. The van der Waals surface area contributed by atoms with Crippen molar-refractivity contribution < 1.29 is 13.0 Å². The van der Waals surface area contributed by atoms with E-state index in [9.17, 15) is 13.0 Å². The summed E-state index contributed by atoms with van der Waals surface area (Å²) in [5.41, 5.74) is 3.64. The lowest BCUT2D eigenvalue weighted by molar-refractivity contribution is 0.478. The molecule has 5 heteroatoms. The summed E-state index contributed by atoms with van der Waals surface area (Å²) in [7, 11) is -4.21. The first-order chi connectivity index (χ1) is 8.31. The SMILES string of the molecule is CCCc1c(C)cc(C)cc1N(CC)S(=O)(=O)O. The molecule has 18 heavy (non-hydrogen) atoms. The van der Waals surface area contributed by atoms with Gasteiger partial charge >= 0.3 is 10.3 Å². The van der Waals surface area contributed by atoms with Gasteiger partial charge in [-0.3, -0.25) is 4.55 Å². The molecule has 4 nitrogen and oxygen atoms in total. The van der Waals surface area contributed by atoms with Crippen LogP contribution >= 0.6 is 0 Å². The fourth-order valence-electron chi connectivity index (χ4n) is 2.23. The molecule has 0 aromatic heterocycles. The van der Waals surface area contributed by atoms with Gasteiger partial charge in [-0.25, -0.2) is 4.31 Å². The van der Waals surface area contributed by atoms with E-state index in [1.165, 1.54) is 0 Å². The normalized spacial score (nSPS) is 11.6. The third-order valence-electron chi connectivity index (χ3n) is 2.93. The molecule has 0 radical (unpaired) electrons. The predicted molar refractivity (Wildman–Crippen MR) is 74.5 cm³/mol. The minimum atomic E-state index is -4.21. The van der Waals surface area contributed by atoms with E-state index in [1.54, 1.807) is 6.92 Å². The number of aryl methyl sites for hydroxylation is 2. The van der Waals surface area contributed by atoms with Gasteiger partial charge in [0.2, 0.25) is 0 Å². The quantitative estimate of drug-likeness (QED) is 0.838. The predicted octanol–water partition coefficient (Wildman–Crippen LogP) is 2.89. The van der Waals surface area contributed by atoms with Crippen LogP contribution in [0.4, 0.5) is 5.69 Å². The third-order valence-corrected chi connectivity index (χ3v) is 3.94. The van der Waals surface area contributed by atoms with E-state index in [-0.39, 0.29) is 6.54 Å². The second-order valence-corrected chi connectivity index (χ2v) is 5.81. The molecule has 102 valence electrons. The number of hydrogen-bond donors (Lipinski definition) is 1. The zero-order chi connectivity index (χ0) is 13.9.